The van der Waals surface area contributed by atoms with E-state index in [9.17, 15) is 9.90 Å². The Morgan fingerprint density at radius 2 is 2.14 bits per heavy atom. The van der Waals surface area contributed by atoms with Crippen molar-refractivity contribution in [3.05, 3.63) is 60.6 Å². The highest BCUT2D eigenvalue weighted by Crippen LogP contribution is 2.33. The maximum Gasteiger partial charge on any atom is 0.258 e. The molecule has 0 saturated carbocycles. The Morgan fingerprint density at radius 1 is 1.25 bits per heavy atom. The number of hydrogen-bond acceptors (Lipinski definition) is 5. The first-order valence-electron chi connectivity index (χ1n) is 9.00. The summed E-state index contributed by atoms with van der Waals surface area (Å²) in [6, 6.07) is 11.1. The normalized spacial score (nSPS) is 19.6. The largest absolute Gasteiger partial charge is 0.375 e. The highest BCUT2D eigenvalue weighted by molar-refractivity contribution is 5.92. The molecule has 1 unspecified atom stereocenters. The lowest BCUT2D eigenvalue weighted by Gasteiger charge is -2.21. The topological polar surface area (TPSA) is 99.9 Å². The lowest BCUT2D eigenvalue weighted by molar-refractivity contribution is -0.143. The minimum absolute atomic E-state index is 0.282. The summed E-state index contributed by atoms with van der Waals surface area (Å²) < 4.78 is 1.64. The van der Waals surface area contributed by atoms with E-state index in [4.69, 9.17) is 0 Å². The zero-order valence-electron chi connectivity index (χ0n) is 15.2. The van der Waals surface area contributed by atoms with Gasteiger partial charge in [0.15, 0.2) is 5.60 Å². The fourth-order valence-corrected chi connectivity index (χ4v) is 3.71. The van der Waals surface area contributed by atoms with E-state index < -0.39 is 5.60 Å². The molecule has 1 amide bonds. The number of nitrogens with one attached hydrogen (secondary N) is 1. The fraction of sp³-hybridized carbons (Fsp3) is 0.200. The molecule has 1 aliphatic heterocycles. The van der Waals surface area contributed by atoms with Crippen molar-refractivity contribution >= 4 is 16.9 Å². The van der Waals surface area contributed by atoms with Crippen LogP contribution in [0.5, 0.6) is 0 Å². The van der Waals surface area contributed by atoms with E-state index in [0.717, 1.165) is 22.3 Å². The third kappa shape index (κ3) is 2.42. The number of fused-ring (bicyclic) bond motifs is 1. The molecule has 1 atom stereocenters. The molecule has 8 nitrogen and oxygen atoms in total. The third-order valence-electron chi connectivity index (χ3n) is 5.32. The first kappa shape index (κ1) is 16.6. The number of amides is 1. The van der Waals surface area contributed by atoms with E-state index in [1.54, 1.807) is 35.0 Å². The van der Waals surface area contributed by atoms with Crippen LogP contribution >= 0.6 is 0 Å². The summed E-state index contributed by atoms with van der Waals surface area (Å²) >= 11 is 0. The van der Waals surface area contributed by atoms with Crippen molar-refractivity contribution in [1.29, 1.82) is 0 Å². The molecule has 4 heterocycles. The quantitative estimate of drug-likeness (QED) is 0.570. The van der Waals surface area contributed by atoms with Crippen molar-refractivity contribution in [2.45, 2.75) is 12.0 Å². The monoisotopic (exact) mass is 374 g/mol. The van der Waals surface area contributed by atoms with Gasteiger partial charge >= 0.3 is 0 Å². The number of pyridine rings is 1. The summed E-state index contributed by atoms with van der Waals surface area (Å²) in [5.74, 6) is -0.282. The van der Waals surface area contributed by atoms with Crippen LogP contribution in [0.15, 0.2) is 55.0 Å². The molecule has 1 fully saturated rings. The van der Waals surface area contributed by atoms with E-state index >= 15 is 0 Å². The predicted octanol–water partition coefficient (Wildman–Crippen LogP) is 1.86. The number of carbonyl (C=O) groups is 1. The Morgan fingerprint density at radius 3 is 2.96 bits per heavy atom. The number of aliphatic hydroxyl groups is 1. The smallest absolute Gasteiger partial charge is 0.258 e. The first-order chi connectivity index (χ1) is 13.6. The summed E-state index contributed by atoms with van der Waals surface area (Å²) in [6.45, 7) is 0.529. The number of benzene rings is 1. The standard InChI is InChI=1S/C20H18N6O2/c1-25-9-7-20(28,19(25)27)13-4-2-5-14(10-13)26-12-17(23-24-26)16-11-22-18-15(16)6-3-8-21-18/h2-6,8,10-12,28H,7,9H2,1H3,(H,21,22). The van der Waals surface area contributed by atoms with Crippen LogP contribution in [0.25, 0.3) is 28.0 Å². The van der Waals surface area contributed by atoms with Crippen molar-refractivity contribution < 1.29 is 9.90 Å². The molecule has 28 heavy (non-hydrogen) atoms. The molecule has 5 rings (SSSR count). The maximum absolute atomic E-state index is 12.4. The summed E-state index contributed by atoms with van der Waals surface area (Å²) in [5.41, 5.74) is 2.21. The molecule has 8 heteroatoms. The van der Waals surface area contributed by atoms with Gasteiger partial charge in [0.2, 0.25) is 0 Å². The molecule has 0 radical (unpaired) electrons. The van der Waals surface area contributed by atoms with Crippen LogP contribution in [0.2, 0.25) is 0 Å². The first-order valence-corrected chi connectivity index (χ1v) is 9.00. The second-order valence-electron chi connectivity index (χ2n) is 7.04. The molecule has 2 N–H and O–H groups in total. The molecule has 1 aromatic carbocycles. The van der Waals surface area contributed by atoms with E-state index in [2.05, 4.69) is 20.3 Å². The number of rotatable bonds is 3. The fourth-order valence-electron chi connectivity index (χ4n) is 3.71. The van der Waals surface area contributed by atoms with Crippen LogP contribution in [0.4, 0.5) is 0 Å². The zero-order chi connectivity index (χ0) is 19.3. The molecule has 3 aromatic heterocycles. The molecule has 0 spiro atoms. The Bertz CT molecular complexity index is 1200. The number of hydrogen-bond donors (Lipinski definition) is 2. The number of likely N-dealkylation sites (tertiary alicyclic amines) is 1. The molecule has 4 aromatic rings. The van der Waals surface area contributed by atoms with E-state index in [1.165, 1.54) is 0 Å². The maximum atomic E-state index is 12.4. The van der Waals surface area contributed by atoms with Gasteiger partial charge in [-0.15, -0.1) is 5.10 Å². The van der Waals surface area contributed by atoms with E-state index in [0.29, 0.717) is 24.2 Å². The third-order valence-corrected chi connectivity index (χ3v) is 5.32. The highest BCUT2D eigenvalue weighted by Gasteiger charge is 2.45. The van der Waals surface area contributed by atoms with Crippen molar-refractivity contribution in [1.82, 2.24) is 29.9 Å². The van der Waals surface area contributed by atoms with Crippen LogP contribution in [-0.2, 0) is 10.4 Å². The number of aromatic nitrogens is 5. The average molecular weight is 374 g/mol. The van der Waals surface area contributed by atoms with Crippen molar-refractivity contribution in [3.63, 3.8) is 0 Å². The molecular formula is C20H18N6O2. The van der Waals surface area contributed by atoms with E-state index in [1.807, 2.05) is 36.7 Å². The van der Waals surface area contributed by atoms with Gasteiger partial charge in [0.1, 0.15) is 11.3 Å². The minimum atomic E-state index is -1.49. The summed E-state index contributed by atoms with van der Waals surface area (Å²) in [5, 5.41) is 20.4. The van der Waals surface area contributed by atoms with Gasteiger partial charge in [0, 0.05) is 43.4 Å². The van der Waals surface area contributed by atoms with Crippen LogP contribution in [0, 0.1) is 0 Å². The summed E-state index contributed by atoms with van der Waals surface area (Å²) in [7, 11) is 1.70. The molecule has 1 aliphatic rings. The van der Waals surface area contributed by atoms with Gasteiger partial charge in [-0.1, -0.05) is 17.3 Å². The predicted molar refractivity (Wildman–Crippen MR) is 103 cm³/mol. The SMILES string of the molecule is CN1CCC(O)(c2cccc(-n3cc(-c4c[nH]c5ncccc45)nn3)c2)C1=O. The Hall–Kier alpha value is -3.52. The second kappa shape index (κ2) is 6.00. The lowest BCUT2D eigenvalue weighted by atomic mass is 9.92. The lowest BCUT2D eigenvalue weighted by Crippen LogP contribution is -2.36. The van der Waals surface area contributed by atoms with Gasteiger partial charge in [0.05, 0.1) is 11.9 Å². The van der Waals surface area contributed by atoms with Gasteiger partial charge in [-0.3, -0.25) is 4.79 Å². The molecular weight excluding hydrogens is 356 g/mol. The number of likely N-dealkylation sites (N-methyl/N-ethyl adjacent to an activating group) is 1. The van der Waals surface area contributed by atoms with Crippen molar-refractivity contribution in [3.8, 4) is 16.9 Å². The van der Waals surface area contributed by atoms with Gasteiger partial charge < -0.3 is 15.0 Å². The van der Waals surface area contributed by atoms with Gasteiger partial charge in [-0.2, -0.15) is 0 Å². The second-order valence-corrected chi connectivity index (χ2v) is 7.04. The summed E-state index contributed by atoms with van der Waals surface area (Å²) in [4.78, 5) is 21.4. The highest BCUT2D eigenvalue weighted by atomic mass is 16.3. The van der Waals surface area contributed by atoms with Crippen molar-refractivity contribution in [2.75, 3.05) is 13.6 Å². The summed E-state index contributed by atoms with van der Waals surface area (Å²) in [6.07, 6.45) is 5.79. The average Bonchev–Trinajstić information content (AvgIpc) is 3.43. The van der Waals surface area contributed by atoms with E-state index in [-0.39, 0.29) is 5.91 Å². The van der Waals surface area contributed by atoms with Crippen LogP contribution in [0.3, 0.4) is 0 Å². The van der Waals surface area contributed by atoms with Gasteiger partial charge in [-0.25, -0.2) is 9.67 Å². The molecule has 140 valence electrons. The number of carbonyl (C=O) groups excluding carboxylic acids is 1. The Kier molecular flexibility index (Phi) is 3.56. The Balaban J connectivity index is 1.52. The van der Waals surface area contributed by atoms with Crippen molar-refractivity contribution in [2.24, 2.45) is 0 Å². The number of nitrogens with zero attached hydrogens (tertiary/aromatic N) is 5. The molecule has 0 bridgehead atoms. The van der Waals surface area contributed by atoms with Gasteiger partial charge in [0.25, 0.3) is 5.91 Å². The number of H-pyrrole nitrogens is 1. The van der Waals surface area contributed by atoms with Crippen LogP contribution < -0.4 is 0 Å². The number of aromatic amines is 1. The van der Waals surface area contributed by atoms with Crippen LogP contribution in [0.1, 0.15) is 12.0 Å². The van der Waals surface area contributed by atoms with Gasteiger partial charge in [-0.05, 0) is 29.8 Å². The molecule has 0 aliphatic carbocycles. The Labute approximate surface area is 160 Å². The minimum Gasteiger partial charge on any atom is -0.375 e. The zero-order valence-corrected chi connectivity index (χ0v) is 15.2. The molecule has 1 saturated heterocycles. The van der Waals surface area contributed by atoms with Crippen LogP contribution in [-0.4, -0.2) is 54.5 Å².